The molecule has 0 saturated heterocycles. The van der Waals surface area contributed by atoms with Gasteiger partial charge in [0.05, 0.1) is 20.3 Å². The number of imidazole rings is 1. The van der Waals surface area contributed by atoms with Crippen molar-refractivity contribution in [3.63, 3.8) is 0 Å². The summed E-state index contributed by atoms with van der Waals surface area (Å²) < 4.78 is 15.8. The second kappa shape index (κ2) is 9.28. The van der Waals surface area contributed by atoms with Crippen molar-refractivity contribution in [2.24, 2.45) is 0 Å². The molecular formula is C23H27BrN2O2. The second-order valence-electron chi connectivity index (χ2n) is 6.93. The molecule has 28 heavy (non-hydrogen) atoms. The number of halogens is 1. The molecule has 148 valence electrons. The van der Waals surface area contributed by atoms with Gasteiger partial charge in [-0.15, -0.1) is 0 Å². The monoisotopic (exact) mass is 442 g/mol. The van der Waals surface area contributed by atoms with Crippen LogP contribution in [0.3, 0.4) is 0 Å². The predicted octanol–water partition coefficient (Wildman–Crippen LogP) is 1.57. The zero-order valence-corrected chi connectivity index (χ0v) is 18.1. The molecule has 5 heteroatoms. The minimum atomic E-state index is 0. The summed E-state index contributed by atoms with van der Waals surface area (Å²) in [6.45, 7) is 3.78. The number of hydrogen-bond donors (Lipinski definition) is 0. The van der Waals surface area contributed by atoms with Crippen molar-refractivity contribution >= 4 is 0 Å². The molecule has 0 unspecified atom stereocenters. The Labute approximate surface area is 177 Å². The van der Waals surface area contributed by atoms with Crippen LogP contribution >= 0.6 is 0 Å². The molecule has 0 spiro atoms. The van der Waals surface area contributed by atoms with E-state index in [0.29, 0.717) is 6.61 Å². The van der Waals surface area contributed by atoms with E-state index in [4.69, 9.17) is 9.47 Å². The van der Waals surface area contributed by atoms with Crippen molar-refractivity contribution in [3.8, 4) is 28.4 Å². The molecule has 0 bridgehead atoms. The molecule has 2 heterocycles. The van der Waals surface area contributed by atoms with Gasteiger partial charge in [0.2, 0.25) is 0 Å². The van der Waals surface area contributed by atoms with Gasteiger partial charge < -0.3 is 26.5 Å². The number of methoxy groups -OCH3 is 1. The molecule has 0 amide bonds. The maximum absolute atomic E-state index is 5.62. The average Bonchev–Trinajstić information content (AvgIpc) is 2.91. The molecule has 0 N–H and O–H groups in total. The van der Waals surface area contributed by atoms with Crippen molar-refractivity contribution in [2.45, 2.75) is 39.2 Å². The van der Waals surface area contributed by atoms with E-state index in [1.165, 1.54) is 42.0 Å². The van der Waals surface area contributed by atoms with Gasteiger partial charge in [0.15, 0.2) is 5.69 Å². The Bertz CT molecular complexity index is 902. The third kappa shape index (κ3) is 4.09. The van der Waals surface area contributed by atoms with Crippen molar-refractivity contribution < 1.29 is 31.0 Å². The van der Waals surface area contributed by atoms with Crippen molar-refractivity contribution in [1.82, 2.24) is 4.57 Å². The Balaban J connectivity index is 0.00000225. The minimum Gasteiger partial charge on any atom is -1.00 e. The number of benzene rings is 2. The van der Waals surface area contributed by atoms with Crippen LogP contribution in [0, 0.1) is 0 Å². The topological polar surface area (TPSA) is 27.3 Å². The lowest BCUT2D eigenvalue weighted by molar-refractivity contribution is -0.702. The Morgan fingerprint density at radius 2 is 1.64 bits per heavy atom. The summed E-state index contributed by atoms with van der Waals surface area (Å²) in [5.74, 6) is 3.17. The molecule has 2 aromatic carbocycles. The highest BCUT2D eigenvalue weighted by molar-refractivity contribution is 5.62. The normalized spacial score (nSPS) is 13.2. The lowest BCUT2D eigenvalue weighted by Crippen LogP contribution is -3.00. The van der Waals surface area contributed by atoms with Crippen LogP contribution in [-0.2, 0) is 13.0 Å². The average molecular weight is 443 g/mol. The number of aromatic nitrogens is 2. The highest BCUT2D eigenvalue weighted by Gasteiger charge is 2.27. The number of rotatable bonds is 5. The number of fused-ring (bicyclic) bond motifs is 1. The lowest BCUT2D eigenvalue weighted by atomic mass is 10.1. The first-order chi connectivity index (χ1) is 13.3. The first kappa shape index (κ1) is 20.5. The largest absolute Gasteiger partial charge is 1.00 e. The van der Waals surface area contributed by atoms with Crippen LogP contribution in [0.5, 0.6) is 11.5 Å². The second-order valence-corrected chi connectivity index (χ2v) is 6.93. The molecule has 4 nitrogen and oxygen atoms in total. The summed E-state index contributed by atoms with van der Waals surface area (Å²) in [5, 5.41) is 0. The quantitative estimate of drug-likeness (QED) is 0.560. The maximum Gasteiger partial charge on any atom is 0.262 e. The molecule has 0 radical (unpaired) electrons. The molecule has 0 fully saturated rings. The van der Waals surface area contributed by atoms with Crippen molar-refractivity contribution in [3.05, 3.63) is 60.6 Å². The standard InChI is InChI=1S/C23H27N2O2.BrH/c1-3-27-21-14-10-19(11-15-21)25-22(18-8-12-20(26-2)13-9-18)17-24-16-6-4-5-7-23(24)25;/h8-15,17H,3-7,16H2,1-2H3;1H/q+1;/p-1. The Kier molecular flexibility index (Phi) is 6.79. The zero-order chi connectivity index (χ0) is 18.6. The first-order valence-corrected chi connectivity index (χ1v) is 9.82. The molecule has 1 aliphatic heterocycles. The van der Waals surface area contributed by atoms with Crippen molar-refractivity contribution in [2.75, 3.05) is 13.7 Å². The van der Waals surface area contributed by atoms with E-state index < -0.39 is 0 Å². The fourth-order valence-corrected chi connectivity index (χ4v) is 3.85. The molecule has 3 aromatic rings. The number of ether oxygens (including phenoxy) is 2. The van der Waals surface area contributed by atoms with Gasteiger partial charge in [0.25, 0.3) is 5.82 Å². The molecule has 0 saturated carbocycles. The first-order valence-electron chi connectivity index (χ1n) is 9.82. The highest BCUT2D eigenvalue weighted by Crippen LogP contribution is 2.28. The third-order valence-corrected chi connectivity index (χ3v) is 5.20. The molecule has 1 aromatic heterocycles. The van der Waals surface area contributed by atoms with E-state index in [2.05, 4.69) is 51.7 Å². The van der Waals surface area contributed by atoms with Gasteiger partial charge in [0.1, 0.15) is 23.4 Å². The predicted molar refractivity (Wildman–Crippen MR) is 107 cm³/mol. The van der Waals surface area contributed by atoms with Crippen LogP contribution in [0.4, 0.5) is 0 Å². The van der Waals surface area contributed by atoms with Crippen LogP contribution in [0.25, 0.3) is 16.9 Å². The maximum atomic E-state index is 5.62. The van der Waals surface area contributed by atoms with Gasteiger partial charge in [-0.05, 0) is 74.7 Å². The molecule has 0 atom stereocenters. The van der Waals surface area contributed by atoms with Crippen LogP contribution in [-0.4, -0.2) is 18.3 Å². The van der Waals surface area contributed by atoms with Gasteiger partial charge in [-0.3, -0.25) is 0 Å². The van der Waals surface area contributed by atoms with Crippen LogP contribution < -0.4 is 31.0 Å². The number of hydrogen-bond acceptors (Lipinski definition) is 2. The molecule has 0 aliphatic carbocycles. The zero-order valence-electron chi connectivity index (χ0n) is 16.5. The van der Waals surface area contributed by atoms with Gasteiger partial charge in [-0.25, -0.2) is 4.57 Å². The Morgan fingerprint density at radius 3 is 2.32 bits per heavy atom. The summed E-state index contributed by atoms with van der Waals surface area (Å²) in [6, 6.07) is 16.8. The van der Waals surface area contributed by atoms with E-state index in [-0.39, 0.29) is 17.0 Å². The van der Waals surface area contributed by atoms with E-state index >= 15 is 0 Å². The highest BCUT2D eigenvalue weighted by atomic mass is 79.9. The van der Waals surface area contributed by atoms with E-state index in [9.17, 15) is 0 Å². The van der Waals surface area contributed by atoms with Gasteiger partial charge in [-0.1, -0.05) is 0 Å². The van der Waals surface area contributed by atoms with E-state index in [1.54, 1.807) is 7.11 Å². The SMILES string of the molecule is CCOc1ccc(-n2c(-c3ccc(OC)cc3)c[n+]3c2CCCCC3)cc1.[Br-]. The Morgan fingerprint density at radius 1 is 0.929 bits per heavy atom. The van der Waals surface area contributed by atoms with Crippen LogP contribution in [0.1, 0.15) is 32.0 Å². The fraction of sp³-hybridized carbons (Fsp3) is 0.348. The van der Waals surface area contributed by atoms with E-state index in [1.807, 2.05) is 19.1 Å². The summed E-state index contributed by atoms with van der Waals surface area (Å²) in [5.41, 5.74) is 3.60. The van der Waals surface area contributed by atoms with Crippen LogP contribution in [0.15, 0.2) is 54.7 Å². The molecular weight excluding hydrogens is 416 g/mol. The lowest BCUT2D eigenvalue weighted by Gasteiger charge is -2.08. The van der Waals surface area contributed by atoms with Gasteiger partial charge in [-0.2, -0.15) is 4.57 Å². The summed E-state index contributed by atoms with van der Waals surface area (Å²) in [6.07, 6.45) is 7.18. The number of aryl methyl sites for hydroxylation is 1. The molecule has 1 aliphatic rings. The summed E-state index contributed by atoms with van der Waals surface area (Å²) >= 11 is 0. The van der Waals surface area contributed by atoms with Gasteiger partial charge >= 0.3 is 0 Å². The summed E-state index contributed by atoms with van der Waals surface area (Å²) in [4.78, 5) is 0. The fourth-order valence-electron chi connectivity index (χ4n) is 3.85. The third-order valence-electron chi connectivity index (χ3n) is 5.20. The minimum absolute atomic E-state index is 0. The van der Waals surface area contributed by atoms with Gasteiger partial charge in [0, 0.05) is 12.0 Å². The van der Waals surface area contributed by atoms with Crippen molar-refractivity contribution in [1.29, 1.82) is 0 Å². The Hall–Kier alpha value is -2.27. The smallest absolute Gasteiger partial charge is 0.262 e. The number of nitrogens with zero attached hydrogens (tertiary/aromatic N) is 2. The van der Waals surface area contributed by atoms with E-state index in [0.717, 1.165) is 24.5 Å². The van der Waals surface area contributed by atoms with Crippen LogP contribution in [0.2, 0.25) is 0 Å². The summed E-state index contributed by atoms with van der Waals surface area (Å²) in [7, 11) is 1.70. The molecule has 4 rings (SSSR count).